The van der Waals surface area contributed by atoms with E-state index >= 15 is 0 Å². The molecule has 1 amide bonds. The number of amides is 1. The highest BCUT2D eigenvalue weighted by Crippen LogP contribution is 2.21. The van der Waals surface area contributed by atoms with Crippen LogP contribution in [0.4, 0.5) is 5.82 Å². The third-order valence-corrected chi connectivity index (χ3v) is 3.53. The molecule has 0 saturated carbocycles. The van der Waals surface area contributed by atoms with Crippen molar-refractivity contribution in [1.82, 2.24) is 14.9 Å². The first-order chi connectivity index (χ1) is 11.3. The second-order valence-electron chi connectivity index (χ2n) is 6.04. The fourth-order valence-corrected chi connectivity index (χ4v) is 2.32. The highest BCUT2D eigenvalue weighted by atomic mass is 35.5. The Labute approximate surface area is 146 Å². The number of hydrogen-bond acceptors (Lipinski definition) is 5. The van der Waals surface area contributed by atoms with Crippen LogP contribution >= 0.6 is 11.6 Å². The zero-order valence-electron chi connectivity index (χ0n) is 14.2. The summed E-state index contributed by atoms with van der Waals surface area (Å²) < 4.78 is 5.81. The second kappa shape index (κ2) is 7.49. The van der Waals surface area contributed by atoms with Crippen molar-refractivity contribution >= 4 is 23.3 Å². The number of benzene rings is 1. The molecule has 2 rings (SSSR count). The fraction of sp³-hybridized carbons (Fsp3) is 0.353. The highest BCUT2D eigenvalue weighted by Gasteiger charge is 2.31. The summed E-state index contributed by atoms with van der Waals surface area (Å²) in [4.78, 5) is 21.5. The van der Waals surface area contributed by atoms with Crippen molar-refractivity contribution in [3.05, 3.63) is 47.4 Å². The van der Waals surface area contributed by atoms with Crippen molar-refractivity contribution in [2.75, 3.05) is 19.4 Å². The van der Waals surface area contributed by atoms with Crippen molar-refractivity contribution in [1.29, 1.82) is 0 Å². The van der Waals surface area contributed by atoms with Crippen molar-refractivity contribution in [3.8, 4) is 5.75 Å². The van der Waals surface area contributed by atoms with Gasteiger partial charge in [-0.25, -0.2) is 9.97 Å². The molecular weight excluding hydrogens is 328 g/mol. The van der Waals surface area contributed by atoms with Crippen molar-refractivity contribution < 1.29 is 9.53 Å². The number of carbonyl (C=O) groups excluding carboxylic acids is 1. The van der Waals surface area contributed by atoms with Gasteiger partial charge in [0, 0.05) is 26.7 Å². The molecule has 0 unspecified atom stereocenters. The summed E-state index contributed by atoms with van der Waals surface area (Å²) in [7, 11) is 3.42. The molecular formula is C17H21ClN4O2. The van der Waals surface area contributed by atoms with Crippen molar-refractivity contribution in [3.63, 3.8) is 0 Å². The molecule has 0 spiro atoms. The molecule has 0 radical (unpaired) electrons. The number of likely N-dealkylation sites (N-methyl/N-ethyl adjacent to an activating group) is 1. The number of nitrogens with one attached hydrogen (secondary N) is 1. The summed E-state index contributed by atoms with van der Waals surface area (Å²) >= 11 is 5.82. The number of aromatic nitrogens is 2. The van der Waals surface area contributed by atoms with Gasteiger partial charge in [-0.3, -0.25) is 4.79 Å². The molecule has 0 saturated heterocycles. The van der Waals surface area contributed by atoms with Crippen LogP contribution < -0.4 is 10.1 Å². The van der Waals surface area contributed by atoms with Crippen molar-refractivity contribution in [2.45, 2.75) is 26.0 Å². The standard InChI is InChI=1S/C17H21ClN4O2/c1-17(2,16(23)22(3)4)24-13-7-5-12(6-8-13)10-19-15-9-14(18)20-11-21-15/h5-9,11H,10H2,1-4H3,(H,19,20,21). The Morgan fingerprint density at radius 1 is 1.25 bits per heavy atom. The number of ether oxygens (including phenoxy) is 1. The van der Waals surface area contributed by atoms with Crippen LogP contribution in [0.1, 0.15) is 19.4 Å². The van der Waals surface area contributed by atoms with Crippen LogP contribution in [-0.4, -0.2) is 40.5 Å². The van der Waals surface area contributed by atoms with E-state index in [1.54, 1.807) is 34.0 Å². The lowest BCUT2D eigenvalue weighted by molar-refractivity contribution is -0.142. The maximum atomic E-state index is 12.1. The molecule has 128 valence electrons. The Morgan fingerprint density at radius 3 is 2.50 bits per heavy atom. The maximum Gasteiger partial charge on any atom is 0.265 e. The minimum Gasteiger partial charge on any atom is -0.478 e. The number of carbonyl (C=O) groups is 1. The number of nitrogens with zero attached hydrogens (tertiary/aromatic N) is 3. The fourth-order valence-electron chi connectivity index (χ4n) is 2.18. The molecule has 24 heavy (non-hydrogen) atoms. The Morgan fingerprint density at radius 2 is 1.92 bits per heavy atom. The lowest BCUT2D eigenvalue weighted by Gasteiger charge is -2.28. The van der Waals surface area contributed by atoms with Crippen LogP contribution in [0.15, 0.2) is 36.7 Å². The molecule has 6 nitrogen and oxygen atoms in total. The van der Waals surface area contributed by atoms with Gasteiger partial charge >= 0.3 is 0 Å². The zero-order chi connectivity index (χ0) is 17.7. The number of halogens is 1. The van der Waals surface area contributed by atoms with Crippen LogP contribution in [0.5, 0.6) is 5.75 Å². The third kappa shape index (κ3) is 4.83. The van der Waals surface area contributed by atoms with E-state index in [-0.39, 0.29) is 5.91 Å². The molecule has 0 aliphatic carbocycles. The lowest BCUT2D eigenvalue weighted by Crippen LogP contribution is -2.45. The Hall–Kier alpha value is -2.34. The summed E-state index contributed by atoms with van der Waals surface area (Å²) in [6, 6.07) is 9.21. The first kappa shape index (κ1) is 18.0. The average molecular weight is 349 g/mol. The van der Waals surface area contributed by atoms with E-state index < -0.39 is 5.60 Å². The minimum atomic E-state index is -0.916. The quantitative estimate of drug-likeness (QED) is 0.813. The molecule has 0 atom stereocenters. The Kier molecular flexibility index (Phi) is 5.62. The number of rotatable bonds is 6. The predicted octanol–water partition coefficient (Wildman–Crippen LogP) is 2.99. The van der Waals surface area contributed by atoms with E-state index in [0.29, 0.717) is 23.3 Å². The van der Waals surface area contributed by atoms with Gasteiger partial charge in [0.15, 0.2) is 5.60 Å². The van der Waals surface area contributed by atoms with E-state index in [9.17, 15) is 4.79 Å². The lowest BCUT2D eigenvalue weighted by atomic mass is 10.1. The molecule has 0 bridgehead atoms. The van der Waals surface area contributed by atoms with Gasteiger partial charge in [-0.15, -0.1) is 0 Å². The molecule has 1 aromatic carbocycles. The topological polar surface area (TPSA) is 67.3 Å². The minimum absolute atomic E-state index is 0.0890. The normalized spacial score (nSPS) is 11.0. The summed E-state index contributed by atoms with van der Waals surface area (Å²) in [6.07, 6.45) is 1.41. The smallest absolute Gasteiger partial charge is 0.265 e. The predicted molar refractivity (Wildman–Crippen MR) is 94.2 cm³/mol. The van der Waals surface area contributed by atoms with E-state index in [1.165, 1.54) is 11.2 Å². The van der Waals surface area contributed by atoms with E-state index in [1.807, 2.05) is 24.3 Å². The monoisotopic (exact) mass is 348 g/mol. The molecule has 1 N–H and O–H groups in total. The summed E-state index contributed by atoms with van der Waals surface area (Å²) in [5.41, 5.74) is 0.134. The van der Waals surface area contributed by atoms with Gasteiger partial charge in [0.2, 0.25) is 0 Å². The molecule has 1 aromatic heterocycles. The summed E-state index contributed by atoms with van der Waals surface area (Å²) in [6.45, 7) is 4.10. The van der Waals surface area contributed by atoms with Crippen LogP contribution in [0, 0.1) is 0 Å². The van der Waals surface area contributed by atoms with Gasteiger partial charge in [0.25, 0.3) is 5.91 Å². The maximum absolute atomic E-state index is 12.1. The number of hydrogen-bond donors (Lipinski definition) is 1. The van der Waals surface area contributed by atoms with Gasteiger partial charge in [0.05, 0.1) is 0 Å². The Bertz CT molecular complexity index is 702. The SMILES string of the molecule is CN(C)C(=O)C(C)(C)Oc1ccc(CNc2cc(Cl)ncn2)cc1. The summed E-state index contributed by atoms with van der Waals surface area (Å²) in [5, 5.41) is 3.56. The first-order valence-electron chi connectivity index (χ1n) is 7.49. The van der Waals surface area contributed by atoms with Gasteiger partial charge in [-0.2, -0.15) is 0 Å². The van der Waals surface area contributed by atoms with Crippen LogP contribution in [0.25, 0.3) is 0 Å². The zero-order valence-corrected chi connectivity index (χ0v) is 15.0. The highest BCUT2D eigenvalue weighted by molar-refractivity contribution is 6.29. The van der Waals surface area contributed by atoms with Gasteiger partial charge in [0.1, 0.15) is 23.0 Å². The van der Waals surface area contributed by atoms with E-state index in [4.69, 9.17) is 16.3 Å². The van der Waals surface area contributed by atoms with Crippen LogP contribution in [0.3, 0.4) is 0 Å². The second-order valence-corrected chi connectivity index (χ2v) is 6.42. The van der Waals surface area contributed by atoms with Gasteiger partial charge in [-0.05, 0) is 31.5 Å². The van der Waals surface area contributed by atoms with Crippen LogP contribution in [0.2, 0.25) is 5.15 Å². The largest absolute Gasteiger partial charge is 0.478 e. The average Bonchev–Trinajstić information content (AvgIpc) is 2.53. The molecule has 7 heteroatoms. The third-order valence-electron chi connectivity index (χ3n) is 3.32. The van der Waals surface area contributed by atoms with E-state index in [0.717, 1.165) is 5.56 Å². The molecule has 1 heterocycles. The molecule has 0 aliphatic rings. The first-order valence-corrected chi connectivity index (χ1v) is 7.87. The van der Waals surface area contributed by atoms with Gasteiger partial charge < -0.3 is 15.0 Å². The number of anilines is 1. The van der Waals surface area contributed by atoms with E-state index in [2.05, 4.69) is 15.3 Å². The van der Waals surface area contributed by atoms with Crippen molar-refractivity contribution in [2.24, 2.45) is 0 Å². The molecule has 0 aliphatic heterocycles. The summed E-state index contributed by atoms with van der Waals surface area (Å²) in [5.74, 6) is 1.21. The van der Waals surface area contributed by atoms with Gasteiger partial charge in [-0.1, -0.05) is 23.7 Å². The molecule has 0 fully saturated rings. The molecule has 2 aromatic rings. The van der Waals surface area contributed by atoms with Crippen LogP contribution in [-0.2, 0) is 11.3 Å². The Balaban J connectivity index is 1.96.